The summed E-state index contributed by atoms with van der Waals surface area (Å²) in [5.41, 5.74) is 3.50. The van der Waals surface area contributed by atoms with Crippen LogP contribution < -0.4 is 4.74 Å². The minimum absolute atomic E-state index is 0.0620. The molecule has 0 N–H and O–H groups in total. The molecular weight excluding hydrogens is 460 g/mol. The Morgan fingerprint density at radius 2 is 1.75 bits per heavy atom. The minimum Gasteiger partial charge on any atom is -0.494 e. The van der Waals surface area contributed by atoms with Crippen LogP contribution in [0.3, 0.4) is 0 Å². The summed E-state index contributed by atoms with van der Waals surface area (Å²) in [6.45, 7) is 8.53. The van der Waals surface area contributed by atoms with Crippen LogP contribution in [0.2, 0.25) is 0 Å². The van der Waals surface area contributed by atoms with Crippen molar-refractivity contribution in [3.8, 4) is 5.75 Å². The summed E-state index contributed by atoms with van der Waals surface area (Å²) in [6.07, 6.45) is 1.72. The normalized spacial score (nSPS) is 24.8. The molecule has 2 aliphatic rings. The fourth-order valence-electron chi connectivity index (χ4n) is 4.89. The number of esters is 2. The van der Waals surface area contributed by atoms with Crippen molar-refractivity contribution in [2.45, 2.75) is 77.3 Å². The second kappa shape index (κ2) is 11.0. The second-order valence-corrected chi connectivity index (χ2v) is 9.61. The molecule has 2 aromatic rings. The lowest BCUT2D eigenvalue weighted by Gasteiger charge is -2.41. The number of hydrogen-bond donors (Lipinski definition) is 0. The lowest BCUT2D eigenvalue weighted by Crippen LogP contribution is -2.49. The predicted molar refractivity (Wildman–Crippen MR) is 134 cm³/mol. The number of carbonyl (C=O) groups excluding carboxylic acids is 2. The zero-order valence-corrected chi connectivity index (χ0v) is 21.6. The Kier molecular flexibility index (Phi) is 8.00. The van der Waals surface area contributed by atoms with Crippen molar-refractivity contribution in [3.63, 3.8) is 0 Å². The molecule has 0 spiro atoms. The lowest BCUT2D eigenvalue weighted by atomic mass is 9.87. The summed E-state index contributed by atoms with van der Waals surface area (Å²) < 4.78 is 29.7. The van der Waals surface area contributed by atoms with Crippen LogP contribution in [0.15, 0.2) is 42.5 Å². The van der Waals surface area contributed by atoms with Gasteiger partial charge in [0.05, 0.1) is 13.2 Å². The van der Waals surface area contributed by atoms with Crippen LogP contribution in [0, 0.1) is 6.92 Å². The summed E-state index contributed by atoms with van der Waals surface area (Å²) in [5.74, 6) is -0.784. The van der Waals surface area contributed by atoms with Gasteiger partial charge < -0.3 is 23.7 Å². The highest BCUT2D eigenvalue weighted by Crippen LogP contribution is 2.50. The molecule has 4 rings (SSSR count). The molecule has 36 heavy (non-hydrogen) atoms. The average Bonchev–Trinajstić information content (AvgIpc) is 3.16. The summed E-state index contributed by atoms with van der Waals surface area (Å²) in [4.78, 5) is 24.0. The predicted octanol–water partition coefficient (Wildman–Crippen LogP) is 4.99. The molecule has 0 aromatic heterocycles. The standard InChI is InChI=1S/C29H36O7/c1-5-26(30)33-18-28-16-25(35-27(31)6-2)17-29(36-28,34-19-28)23-11-8-20(4)22(15-23)14-21-9-12-24(13-10-21)32-7-3/h8-13,15,25H,5-7,14,16-19H2,1-4H3/t25?,28-,29+/m0/s1. The van der Waals surface area contributed by atoms with Gasteiger partial charge in [0, 0.05) is 31.2 Å². The Hall–Kier alpha value is -2.90. The molecular formula is C29H36O7. The first kappa shape index (κ1) is 26.2. The van der Waals surface area contributed by atoms with Gasteiger partial charge in [0.2, 0.25) is 0 Å². The third-order valence-electron chi connectivity index (χ3n) is 6.84. The molecule has 2 aliphatic heterocycles. The van der Waals surface area contributed by atoms with Gasteiger partial charge in [-0.25, -0.2) is 0 Å². The van der Waals surface area contributed by atoms with Crippen molar-refractivity contribution in [2.75, 3.05) is 19.8 Å². The van der Waals surface area contributed by atoms with Crippen LogP contribution in [-0.2, 0) is 40.7 Å². The van der Waals surface area contributed by atoms with E-state index in [0.29, 0.717) is 25.9 Å². The molecule has 0 aliphatic carbocycles. The molecule has 0 amide bonds. The highest BCUT2D eigenvalue weighted by Gasteiger charge is 2.59. The summed E-state index contributed by atoms with van der Waals surface area (Å²) in [7, 11) is 0. The van der Waals surface area contributed by atoms with Gasteiger partial charge in [-0.3, -0.25) is 9.59 Å². The lowest BCUT2D eigenvalue weighted by molar-refractivity contribution is -0.253. The number of ether oxygens (including phenoxy) is 5. The van der Waals surface area contributed by atoms with Crippen LogP contribution in [0.25, 0.3) is 0 Å². The molecule has 7 nitrogen and oxygen atoms in total. The van der Waals surface area contributed by atoms with Gasteiger partial charge in [0.25, 0.3) is 0 Å². The van der Waals surface area contributed by atoms with Crippen molar-refractivity contribution in [2.24, 2.45) is 0 Å². The molecule has 0 radical (unpaired) electrons. The maximum Gasteiger partial charge on any atom is 0.305 e. The quantitative estimate of drug-likeness (QED) is 0.429. The van der Waals surface area contributed by atoms with E-state index in [4.69, 9.17) is 23.7 Å². The van der Waals surface area contributed by atoms with E-state index in [0.717, 1.165) is 28.9 Å². The maximum absolute atomic E-state index is 12.1. The van der Waals surface area contributed by atoms with E-state index in [1.54, 1.807) is 13.8 Å². The molecule has 194 valence electrons. The molecule has 3 atom stereocenters. The Balaban J connectivity index is 1.60. The number of hydrogen-bond acceptors (Lipinski definition) is 7. The summed E-state index contributed by atoms with van der Waals surface area (Å²) >= 11 is 0. The van der Waals surface area contributed by atoms with E-state index in [1.165, 1.54) is 5.56 Å². The van der Waals surface area contributed by atoms with Crippen molar-refractivity contribution in [1.82, 2.24) is 0 Å². The highest BCUT2D eigenvalue weighted by atomic mass is 16.8. The third-order valence-corrected chi connectivity index (χ3v) is 6.84. The molecule has 2 fully saturated rings. The van der Waals surface area contributed by atoms with Gasteiger partial charge in [-0.1, -0.05) is 38.1 Å². The molecule has 2 saturated heterocycles. The third kappa shape index (κ3) is 5.73. The molecule has 2 aromatic carbocycles. The first-order valence-corrected chi connectivity index (χ1v) is 12.8. The molecule has 7 heteroatoms. The van der Waals surface area contributed by atoms with Crippen LogP contribution in [0.5, 0.6) is 5.75 Å². The fraction of sp³-hybridized carbons (Fsp3) is 0.517. The highest BCUT2D eigenvalue weighted by molar-refractivity contribution is 5.69. The largest absolute Gasteiger partial charge is 0.494 e. The van der Waals surface area contributed by atoms with E-state index in [1.807, 2.05) is 25.1 Å². The van der Waals surface area contributed by atoms with E-state index < -0.39 is 17.5 Å². The number of carbonyl (C=O) groups is 2. The van der Waals surface area contributed by atoms with Gasteiger partial charge in [-0.2, -0.15) is 0 Å². The number of aryl methyl sites for hydroxylation is 1. The van der Waals surface area contributed by atoms with E-state index in [9.17, 15) is 9.59 Å². The summed E-state index contributed by atoms with van der Waals surface area (Å²) in [6, 6.07) is 14.3. The zero-order chi connectivity index (χ0) is 25.8. The van der Waals surface area contributed by atoms with Gasteiger partial charge >= 0.3 is 11.9 Å². The molecule has 2 bridgehead atoms. The number of benzene rings is 2. The van der Waals surface area contributed by atoms with Crippen LogP contribution in [-0.4, -0.2) is 43.5 Å². The molecule has 1 unspecified atom stereocenters. The minimum atomic E-state index is -1.07. The number of rotatable bonds is 10. The van der Waals surface area contributed by atoms with Gasteiger partial charge in [-0.05, 0) is 55.2 Å². The Morgan fingerprint density at radius 1 is 1.00 bits per heavy atom. The van der Waals surface area contributed by atoms with Crippen molar-refractivity contribution in [1.29, 1.82) is 0 Å². The van der Waals surface area contributed by atoms with E-state index in [2.05, 4.69) is 31.2 Å². The Labute approximate surface area is 213 Å². The van der Waals surface area contributed by atoms with Crippen LogP contribution in [0.1, 0.15) is 68.7 Å². The second-order valence-electron chi connectivity index (χ2n) is 9.61. The van der Waals surface area contributed by atoms with Gasteiger partial charge in [0.1, 0.15) is 24.1 Å². The number of fused-ring (bicyclic) bond motifs is 2. The maximum atomic E-state index is 12.1. The van der Waals surface area contributed by atoms with Gasteiger partial charge in [0.15, 0.2) is 5.79 Å². The monoisotopic (exact) mass is 496 g/mol. The Bertz CT molecular complexity index is 1080. The van der Waals surface area contributed by atoms with Gasteiger partial charge in [-0.15, -0.1) is 0 Å². The Morgan fingerprint density at radius 3 is 2.44 bits per heavy atom. The first-order valence-electron chi connectivity index (χ1n) is 12.8. The fourth-order valence-corrected chi connectivity index (χ4v) is 4.89. The van der Waals surface area contributed by atoms with Crippen molar-refractivity contribution >= 4 is 11.9 Å². The summed E-state index contributed by atoms with van der Waals surface area (Å²) in [5, 5.41) is 0. The van der Waals surface area contributed by atoms with Crippen molar-refractivity contribution in [3.05, 3.63) is 64.7 Å². The van der Waals surface area contributed by atoms with Crippen molar-refractivity contribution < 1.29 is 33.3 Å². The van der Waals surface area contributed by atoms with E-state index in [-0.39, 0.29) is 31.6 Å². The molecule has 0 saturated carbocycles. The first-order chi connectivity index (χ1) is 17.3. The molecule has 2 heterocycles. The van der Waals surface area contributed by atoms with E-state index >= 15 is 0 Å². The average molecular weight is 497 g/mol. The van der Waals surface area contributed by atoms with Crippen LogP contribution in [0.4, 0.5) is 0 Å². The zero-order valence-electron chi connectivity index (χ0n) is 21.6. The SMILES string of the molecule is CCOc1ccc(Cc2cc([C@]34CC(OC(=O)CC)C[C@](COC(=O)CC)(CO3)O4)ccc2C)cc1. The van der Waals surface area contributed by atoms with Crippen LogP contribution >= 0.6 is 0 Å². The smallest absolute Gasteiger partial charge is 0.305 e. The topological polar surface area (TPSA) is 80.3 Å².